The molecule has 142 heavy (non-hydrogen) atoms. The number of carbonyl (C=O) groups is 20. The van der Waals surface area contributed by atoms with Crippen molar-refractivity contribution in [3.63, 3.8) is 0 Å². The molecule has 4 aromatic rings. The van der Waals surface area contributed by atoms with Crippen molar-refractivity contribution in [2.45, 2.75) is 269 Å². The molecule has 0 aliphatic carbocycles. The number of aliphatic hydroxyl groups excluding tert-OH is 2. The molecule has 780 valence electrons. The van der Waals surface area contributed by atoms with E-state index in [-0.39, 0.29) is 127 Å². The molecular weight excluding hydrogens is 1860 g/mol. The van der Waals surface area contributed by atoms with Crippen molar-refractivity contribution in [1.82, 2.24) is 125 Å². The van der Waals surface area contributed by atoms with Gasteiger partial charge in [0, 0.05) is 51.9 Å². The number of benzene rings is 2. The number of primary amides is 2. The van der Waals surface area contributed by atoms with Crippen molar-refractivity contribution in [2.75, 3.05) is 39.3 Å². The number of carbonyl (C=O) groups excluding carboxylic acids is 18. The van der Waals surface area contributed by atoms with E-state index in [0.717, 1.165) is 23.6 Å². The van der Waals surface area contributed by atoms with E-state index in [1.54, 1.807) is 88.4 Å². The van der Waals surface area contributed by atoms with E-state index in [4.69, 9.17) is 33.8 Å². The summed E-state index contributed by atoms with van der Waals surface area (Å²) in [5, 5.41) is 113. The molecule has 4 bridgehead atoms. The Bertz CT molecular complexity index is 4720. The van der Waals surface area contributed by atoms with E-state index in [9.17, 15) is 116 Å². The van der Waals surface area contributed by atoms with Crippen molar-refractivity contribution in [2.24, 2.45) is 34.8 Å². The van der Waals surface area contributed by atoms with Gasteiger partial charge in [-0.15, -0.1) is 10.2 Å². The Balaban J connectivity index is 1.46. The largest absolute Gasteiger partial charge is 0.481 e. The number of fused-ring (bicyclic) bond motifs is 4. The molecule has 1 aliphatic rings. The number of aliphatic carboxylic acids is 2. The fraction of sp³-hybridized carbons (Fsp3) is 0.568. The number of carboxylic acid groups (broad SMARTS) is 2. The molecule has 16 atom stereocenters. The quantitative estimate of drug-likeness (QED) is 0.0158. The summed E-state index contributed by atoms with van der Waals surface area (Å²) in [6, 6.07) is -3.44. The second kappa shape index (κ2) is 59.8. The van der Waals surface area contributed by atoms with Gasteiger partial charge in [-0.3, -0.25) is 116 Å². The zero-order valence-corrected chi connectivity index (χ0v) is 80.4. The van der Waals surface area contributed by atoms with Gasteiger partial charge in [-0.25, -0.2) is 0 Å². The summed E-state index contributed by atoms with van der Waals surface area (Å²) in [5.41, 5.74) is 23.4. The number of guanidine groups is 2. The number of aromatic nitrogens is 6. The van der Waals surface area contributed by atoms with Gasteiger partial charge in [-0.2, -0.15) is 0 Å². The number of nitrogens with zero attached hydrogens (tertiary/aromatic N) is 8. The van der Waals surface area contributed by atoms with Crippen LogP contribution in [0.25, 0.3) is 0 Å². The van der Waals surface area contributed by atoms with Crippen molar-refractivity contribution in [3.05, 3.63) is 95.6 Å². The van der Waals surface area contributed by atoms with Gasteiger partial charge in [-0.1, -0.05) is 112 Å². The van der Waals surface area contributed by atoms with Gasteiger partial charge in [0.05, 0.1) is 76.7 Å². The van der Waals surface area contributed by atoms with Gasteiger partial charge in [-0.05, 0) is 102 Å². The van der Waals surface area contributed by atoms with E-state index < -0.39 is 279 Å². The Morgan fingerprint density at radius 3 is 1.07 bits per heavy atom. The second-order valence-corrected chi connectivity index (χ2v) is 34.4. The molecular formula is C88H134N30O24. The van der Waals surface area contributed by atoms with Gasteiger partial charge in [0.25, 0.3) is 0 Å². The molecule has 0 spiro atoms. The standard InChI is InChI=1S/C88H134N30O24/c1-9-47(3)71-81(137)103-57(27-21-31-95-87(91)92)77(133)97-39-67(125)101-59(37-69(127)128)79(135)109-73(51(7)119)83(139)105-61(35-53-23-13-11-14-24-53)86(142)116(46-64(90)122)42-56-44-118(114-112-56)34-20-18-30-66(124)100-50(6)76(132)108-72(48(4)10-2)82(138)104-58(28-22-32-96-88(93)94)78(134)98-40-68(126)102-60(38-70(129)130)80(136)110-74(52(8)120)84(140)106-62(36-54-25-15-12-16-26-54)85(141)115(45-63(89)121)41-55-43-117(113-111-55)33-19-17-29-65(123)99-49(5)75(131)107-71/h11-16,23-26,43-44,47-52,57-62,71-74,119-120H,9-10,17-22,27-42,45-46H2,1-8H3,(H2,89,121)(H2,90,122)(H,97,133)(H,98,134)(H,99,123)(H,100,124)(H,101,125)(H,102,126)(H,103,137)(H,104,138)(H,105,139)(H,106,140)(H,107,131)(H,108,132)(H,109,135)(H,110,136)(H,127,128)(H,129,130)(H4,91,92,95)(H4,93,94,96)/t47-,48-,49-,50-,51+,52+,57-,58-,59-,60-,61-,62-,71-,72-,73-,74-/m0/s1. The molecule has 0 fully saturated rings. The third-order valence-corrected chi connectivity index (χ3v) is 22.5. The summed E-state index contributed by atoms with van der Waals surface area (Å²) >= 11 is 0. The number of aryl methyl sites for hydroxylation is 2. The first-order valence-corrected chi connectivity index (χ1v) is 46.3. The van der Waals surface area contributed by atoms with Crippen LogP contribution in [0.1, 0.15) is 168 Å². The summed E-state index contributed by atoms with van der Waals surface area (Å²) in [4.78, 5) is 277. The number of hydrogen-bond acceptors (Lipinski definition) is 28. The van der Waals surface area contributed by atoms with Crippen LogP contribution in [0.3, 0.4) is 0 Å². The Morgan fingerprint density at radius 1 is 0.423 bits per heavy atom. The first-order valence-electron chi connectivity index (χ1n) is 46.3. The number of aliphatic hydroxyl groups is 2. The lowest BCUT2D eigenvalue weighted by atomic mass is 9.97. The molecule has 2 aromatic carbocycles. The normalized spacial score (nSPS) is 23.1. The van der Waals surface area contributed by atoms with E-state index in [2.05, 4.69) is 106 Å². The van der Waals surface area contributed by atoms with Gasteiger partial charge >= 0.3 is 11.9 Å². The zero-order chi connectivity index (χ0) is 106. The molecule has 0 saturated carbocycles. The topological polar surface area (TPSA) is 834 Å². The number of carboxylic acids is 2. The highest BCUT2D eigenvalue weighted by atomic mass is 16.4. The Morgan fingerprint density at radius 2 is 0.754 bits per heavy atom. The SMILES string of the molecule is CC[C@H](C)[C@@H]1NC(=O)[C@H](C)NC(=O)CCCCn2cc(nn2)CN(CC(N)=O)C(=O)[C@H](Cc2ccccc2)NC(=O)[C@H]([C@@H](C)O)NC(=O)[C@H](CC(=O)O)NC(=O)CNC(=O)[C@H](CCCNC(=N)N)NC(=O)[C@H]([C@@H](C)CC)NC(=O)[C@H](C)NC(=O)CCCCn2cc(nn2)CN(CC(N)=O)C(=O)[C@H](Cc2ccccc2)NC(=O)[C@H]([C@@H](C)O)NC(=O)[C@H](CC(=O)O)NC(=O)CNC(=O)[C@H](CCCNC(=N)N)NC1=O. The second-order valence-electron chi connectivity index (χ2n) is 34.4. The number of amides is 18. The highest BCUT2D eigenvalue weighted by molar-refractivity contribution is 6.01. The number of nitrogens with one attached hydrogen (secondary N) is 18. The smallest absolute Gasteiger partial charge is 0.305 e. The Labute approximate surface area is 817 Å². The molecule has 0 radical (unpaired) electrons. The predicted molar refractivity (Wildman–Crippen MR) is 503 cm³/mol. The Hall–Kier alpha value is -15.4. The van der Waals surface area contributed by atoms with E-state index in [1.807, 2.05) is 0 Å². The third-order valence-electron chi connectivity index (χ3n) is 22.5. The number of nitrogens with two attached hydrogens (primary N) is 4. The minimum Gasteiger partial charge on any atom is -0.481 e. The molecule has 0 unspecified atom stereocenters. The summed E-state index contributed by atoms with van der Waals surface area (Å²) in [6.07, 6.45) is -2.89. The van der Waals surface area contributed by atoms with E-state index >= 15 is 0 Å². The van der Waals surface area contributed by atoms with Crippen molar-refractivity contribution in [1.29, 1.82) is 10.8 Å². The first-order chi connectivity index (χ1) is 67.1. The fourth-order valence-corrected chi connectivity index (χ4v) is 14.4. The van der Waals surface area contributed by atoms with E-state index in [1.165, 1.54) is 35.6 Å². The van der Waals surface area contributed by atoms with Crippen LogP contribution in [-0.2, 0) is 135 Å². The van der Waals surface area contributed by atoms with Gasteiger partial charge in [0.2, 0.25) is 106 Å². The van der Waals surface area contributed by atoms with Crippen LogP contribution in [0.4, 0.5) is 0 Å². The van der Waals surface area contributed by atoms with Crippen LogP contribution in [0, 0.1) is 22.7 Å². The molecule has 5 rings (SSSR count). The van der Waals surface area contributed by atoms with Crippen molar-refractivity contribution < 1.29 is 116 Å². The molecule has 1 aliphatic heterocycles. The highest BCUT2D eigenvalue weighted by Gasteiger charge is 2.41. The highest BCUT2D eigenvalue weighted by Crippen LogP contribution is 2.18. The maximum absolute atomic E-state index is 14.8. The van der Waals surface area contributed by atoms with E-state index in [0.29, 0.717) is 11.1 Å². The zero-order valence-electron chi connectivity index (χ0n) is 80.4. The molecule has 54 heteroatoms. The third kappa shape index (κ3) is 42.1. The molecule has 30 N–H and O–H groups in total. The van der Waals surface area contributed by atoms with Gasteiger partial charge < -0.3 is 138 Å². The maximum atomic E-state index is 14.8. The summed E-state index contributed by atoms with van der Waals surface area (Å²) in [5.74, 6) is -23.7. The molecule has 0 saturated heterocycles. The van der Waals surface area contributed by atoms with Crippen LogP contribution in [0.2, 0.25) is 0 Å². The average Bonchev–Trinajstić information content (AvgIpc) is 0.937. The monoisotopic (exact) mass is 2000 g/mol. The maximum Gasteiger partial charge on any atom is 0.305 e. The molecule has 18 amide bonds. The lowest BCUT2D eigenvalue weighted by Gasteiger charge is -2.29. The number of hydrogen-bond donors (Lipinski definition) is 26. The summed E-state index contributed by atoms with van der Waals surface area (Å²) in [6.45, 7) is 7.24. The van der Waals surface area contributed by atoms with Crippen LogP contribution in [0.15, 0.2) is 73.1 Å². The Kier molecular flexibility index (Phi) is 49.3. The van der Waals surface area contributed by atoms with Crippen LogP contribution in [0.5, 0.6) is 0 Å². The lowest BCUT2D eigenvalue weighted by molar-refractivity contribution is -0.142. The van der Waals surface area contributed by atoms with Crippen LogP contribution < -0.4 is 108 Å². The van der Waals surface area contributed by atoms with Crippen molar-refractivity contribution >= 4 is 130 Å². The first kappa shape index (κ1) is 117. The molecule has 3 heterocycles. The van der Waals surface area contributed by atoms with Gasteiger partial charge in [0.1, 0.15) is 83.9 Å². The molecule has 2 aromatic heterocycles. The summed E-state index contributed by atoms with van der Waals surface area (Å²) in [7, 11) is 0. The van der Waals surface area contributed by atoms with Gasteiger partial charge in [0.15, 0.2) is 11.9 Å². The van der Waals surface area contributed by atoms with Crippen molar-refractivity contribution in [3.8, 4) is 0 Å². The predicted octanol–water partition coefficient (Wildman–Crippen LogP) is -8.54. The minimum absolute atomic E-state index is 0.00511. The number of rotatable bonds is 26. The summed E-state index contributed by atoms with van der Waals surface area (Å²) < 4.78 is 2.71. The average molecular weight is 2000 g/mol. The molecule has 54 nitrogen and oxygen atoms in total. The van der Waals surface area contributed by atoms with Crippen LogP contribution >= 0.6 is 0 Å². The van der Waals surface area contributed by atoms with Crippen LogP contribution in [-0.4, -0.2) is 314 Å². The fourth-order valence-electron chi connectivity index (χ4n) is 14.4. The lowest BCUT2D eigenvalue weighted by Crippen LogP contribution is -2.61. The minimum atomic E-state index is -2.04.